The highest BCUT2D eigenvalue weighted by Gasteiger charge is 2.44. The minimum absolute atomic E-state index is 0.202. The number of aliphatic hydroxyl groups is 8. The van der Waals surface area contributed by atoms with Crippen LogP contribution in [0.2, 0.25) is 0 Å². The Balaban J connectivity index is 2.63. The number of aliphatic hydroxyl groups excluding tert-OH is 7. The van der Waals surface area contributed by atoms with Crippen molar-refractivity contribution in [2.24, 2.45) is 0 Å². The van der Waals surface area contributed by atoms with Gasteiger partial charge in [0.2, 0.25) is 5.91 Å². The van der Waals surface area contributed by atoms with Gasteiger partial charge >= 0.3 is 0 Å². The standard InChI is InChI=1S/C43H81NO11/c1-4-6-8-10-12-13-14-15-16-17-18-19-21-23-28-35(47)41(52)44-33(32-54-42-40(51)39(50)38(49)36(31-45)55-42)34(46)27-24-25-29-37(48)43(3,53)30-26-22-20-11-9-7-5-2/h24,26-27,30,33-40,42,45-51,53H,4-23,25,28-29,31-32H2,1-3H3,(H,44,52). The van der Waals surface area contributed by atoms with Crippen molar-refractivity contribution in [1.82, 2.24) is 5.32 Å². The Morgan fingerprint density at radius 1 is 0.727 bits per heavy atom. The van der Waals surface area contributed by atoms with Crippen LogP contribution in [0, 0.1) is 0 Å². The van der Waals surface area contributed by atoms with Gasteiger partial charge in [-0.15, -0.1) is 0 Å². The van der Waals surface area contributed by atoms with Crippen molar-refractivity contribution in [1.29, 1.82) is 0 Å². The third-order valence-corrected chi connectivity index (χ3v) is 10.7. The third kappa shape index (κ3) is 22.9. The molecule has 9 N–H and O–H groups in total. The first-order valence-electron chi connectivity index (χ1n) is 21.7. The molecule has 1 aliphatic heterocycles. The molecule has 0 aromatic carbocycles. The van der Waals surface area contributed by atoms with E-state index in [4.69, 9.17) is 9.47 Å². The zero-order valence-electron chi connectivity index (χ0n) is 34.5. The zero-order valence-corrected chi connectivity index (χ0v) is 34.5. The van der Waals surface area contributed by atoms with E-state index in [0.29, 0.717) is 12.8 Å². The summed E-state index contributed by atoms with van der Waals surface area (Å²) in [6.07, 6.45) is 19.3. The van der Waals surface area contributed by atoms with Crippen LogP contribution in [0.1, 0.15) is 168 Å². The fourth-order valence-electron chi connectivity index (χ4n) is 6.79. The molecular weight excluding hydrogens is 706 g/mol. The van der Waals surface area contributed by atoms with Crippen molar-refractivity contribution in [3.05, 3.63) is 24.3 Å². The second-order valence-electron chi connectivity index (χ2n) is 15.9. The molecule has 1 fully saturated rings. The van der Waals surface area contributed by atoms with Crippen LogP contribution >= 0.6 is 0 Å². The van der Waals surface area contributed by atoms with Crippen LogP contribution in [0.3, 0.4) is 0 Å². The molecule has 0 spiro atoms. The van der Waals surface area contributed by atoms with Crippen LogP contribution in [0.25, 0.3) is 0 Å². The van der Waals surface area contributed by atoms with Crippen LogP contribution in [0.4, 0.5) is 0 Å². The maximum atomic E-state index is 13.0. The molecule has 0 aromatic heterocycles. The third-order valence-electron chi connectivity index (χ3n) is 10.7. The van der Waals surface area contributed by atoms with Gasteiger partial charge < -0.3 is 55.6 Å². The largest absolute Gasteiger partial charge is 0.394 e. The number of unbranched alkanes of at least 4 members (excludes halogenated alkanes) is 18. The van der Waals surface area contributed by atoms with Gasteiger partial charge in [-0.05, 0) is 39.0 Å². The Kier molecular flexibility index (Phi) is 29.6. The quantitative estimate of drug-likeness (QED) is 0.0304. The van der Waals surface area contributed by atoms with E-state index in [9.17, 15) is 45.6 Å². The number of carbonyl (C=O) groups is 1. The molecule has 0 bridgehead atoms. The molecule has 0 saturated carbocycles. The molecule has 1 aliphatic rings. The van der Waals surface area contributed by atoms with Gasteiger partial charge in [0.25, 0.3) is 0 Å². The number of nitrogens with one attached hydrogen (secondary N) is 1. The van der Waals surface area contributed by atoms with Gasteiger partial charge in [-0.1, -0.05) is 154 Å². The van der Waals surface area contributed by atoms with E-state index in [1.807, 2.05) is 6.08 Å². The number of allylic oxidation sites excluding steroid dienone is 2. The molecule has 1 saturated heterocycles. The smallest absolute Gasteiger partial charge is 0.249 e. The van der Waals surface area contributed by atoms with Gasteiger partial charge in [0.1, 0.15) is 36.1 Å². The Bertz CT molecular complexity index is 994. The Labute approximate surface area is 332 Å². The van der Waals surface area contributed by atoms with Crippen molar-refractivity contribution in [2.75, 3.05) is 13.2 Å². The summed E-state index contributed by atoms with van der Waals surface area (Å²) < 4.78 is 11.0. The second kappa shape index (κ2) is 31.5. The SMILES string of the molecule is CCCCCCCC=CC(C)(O)C(O)CCC=CC(O)C(COC1OC(CO)C(O)C(O)C1O)NC(=O)C(O)CCCCCCCCCCCCCCCC. The molecule has 0 radical (unpaired) electrons. The lowest BCUT2D eigenvalue weighted by atomic mass is 9.94. The summed E-state index contributed by atoms with van der Waals surface area (Å²) >= 11 is 0. The van der Waals surface area contributed by atoms with E-state index in [1.165, 1.54) is 89.5 Å². The molecule has 1 amide bonds. The molecule has 324 valence electrons. The van der Waals surface area contributed by atoms with Gasteiger partial charge in [0, 0.05) is 0 Å². The van der Waals surface area contributed by atoms with E-state index in [1.54, 1.807) is 19.1 Å². The number of carbonyl (C=O) groups excluding carboxylic acids is 1. The van der Waals surface area contributed by atoms with Crippen LogP contribution in [-0.4, -0.2) is 121 Å². The molecule has 10 unspecified atom stereocenters. The summed E-state index contributed by atoms with van der Waals surface area (Å²) in [6.45, 7) is 4.90. The van der Waals surface area contributed by atoms with Gasteiger partial charge in [0.05, 0.1) is 31.5 Å². The Hall–Kier alpha value is -1.45. The summed E-state index contributed by atoms with van der Waals surface area (Å²) in [6, 6.07) is -1.12. The maximum Gasteiger partial charge on any atom is 0.249 e. The lowest BCUT2D eigenvalue weighted by molar-refractivity contribution is -0.302. The fourth-order valence-corrected chi connectivity index (χ4v) is 6.79. The summed E-state index contributed by atoms with van der Waals surface area (Å²) in [4.78, 5) is 13.0. The van der Waals surface area contributed by atoms with Crippen LogP contribution in [0.5, 0.6) is 0 Å². The number of rotatable bonds is 34. The van der Waals surface area contributed by atoms with E-state index in [2.05, 4.69) is 19.2 Å². The lowest BCUT2D eigenvalue weighted by Gasteiger charge is -2.40. The second-order valence-corrected chi connectivity index (χ2v) is 15.9. The monoisotopic (exact) mass is 788 g/mol. The molecule has 55 heavy (non-hydrogen) atoms. The maximum absolute atomic E-state index is 13.0. The molecule has 1 rings (SSSR count). The number of amides is 1. The first-order valence-corrected chi connectivity index (χ1v) is 21.7. The topological polar surface area (TPSA) is 209 Å². The van der Waals surface area contributed by atoms with Gasteiger partial charge in [-0.2, -0.15) is 0 Å². The highest BCUT2D eigenvalue weighted by Crippen LogP contribution is 2.23. The first-order chi connectivity index (χ1) is 26.4. The fraction of sp³-hybridized carbons (Fsp3) is 0.884. The van der Waals surface area contributed by atoms with Gasteiger partial charge in [-0.3, -0.25) is 4.79 Å². The number of ether oxygens (including phenoxy) is 2. The van der Waals surface area contributed by atoms with Gasteiger partial charge in [0.15, 0.2) is 6.29 Å². The van der Waals surface area contributed by atoms with Crippen molar-refractivity contribution in [2.45, 2.75) is 229 Å². The summed E-state index contributed by atoms with van der Waals surface area (Å²) in [7, 11) is 0. The number of hydrogen-bond acceptors (Lipinski definition) is 11. The highest BCUT2D eigenvalue weighted by molar-refractivity contribution is 5.80. The van der Waals surface area contributed by atoms with Crippen LogP contribution < -0.4 is 5.32 Å². The molecule has 0 aromatic rings. The molecule has 12 heteroatoms. The Morgan fingerprint density at radius 3 is 1.80 bits per heavy atom. The molecular formula is C43H81NO11. The zero-order chi connectivity index (χ0) is 40.9. The summed E-state index contributed by atoms with van der Waals surface area (Å²) in [5.41, 5.74) is -1.42. The lowest BCUT2D eigenvalue weighted by Crippen LogP contribution is -2.60. The summed E-state index contributed by atoms with van der Waals surface area (Å²) in [5.74, 6) is -0.701. The average Bonchev–Trinajstić information content (AvgIpc) is 3.17. The minimum Gasteiger partial charge on any atom is -0.394 e. The van der Waals surface area contributed by atoms with E-state index >= 15 is 0 Å². The molecule has 0 aliphatic carbocycles. The van der Waals surface area contributed by atoms with E-state index < -0.39 is 79.8 Å². The predicted octanol–water partition coefficient (Wildman–Crippen LogP) is 5.25. The number of hydrogen-bond donors (Lipinski definition) is 9. The van der Waals surface area contributed by atoms with Crippen LogP contribution in [-0.2, 0) is 14.3 Å². The molecule has 12 nitrogen and oxygen atoms in total. The van der Waals surface area contributed by atoms with E-state index in [0.717, 1.165) is 38.5 Å². The Morgan fingerprint density at radius 2 is 1.25 bits per heavy atom. The van der Waals surface area contributed by atoms with Crippen molar-refractivity contribution >= 4 is 5.91 Å². The first kappa shape index (κ1) is 51.6. The van der Waals surface area contributed by atoms with Crippen molar-refractivity contribution in [3.63, 3.8) is 0 Å². The normalized spacial score (nSPS) is 23.9. The molecule has 10 atom stereocenters. The van der Waals surface area contributed by atoms with Crippen molar-refractivity contribution < 1.29 is 55.1 Å². The van der Waals surface area contributed by atoms with E-state index in [-0.39, 0.29) is 12.8 Å². The van der Waals surface area contributed by atoms with Crippen LogP contribution in [0.15, 0.2) is 24.3 Å². The van der Waals surface area contributed by atoms with Gasteiger partial charge in [-0.25, -0.2) is 0 Å². The summed E-state index contributed by atoms with van der Waals surface area (Å²) in [5, 5.41) is 85.9. The average molecular weight is 788 g/mol. The highest BCUT2D eigenvalue weighted by atomic mass is 16.7. The van der Waals surface area contributed by atoms with Crippen molar-refractivity contribution in [3.8, 4) is 0 Å². The molecule has 1 heterocycles. The minimum atomic E-state index is -1.67. The predicted molar refractivity (Wildman–Crippen MR) is 216 cm³/mol.